The molecule has 8 heteroatoms. The van der Waals surface area contributed by atoms with Crippen molar-refractivity contribution in [2.45, 2.75) is 34.5 Å². The van der Waals surface area contributed by atoms with E-state index in [2.05, 4.69) is 64.6 Å². The maximum Gasteiger partial charge on any atom is 0.137 e. The quantitative estimate of drug-likeness (QED) is 0.152. The lowest BCUT2D eigenvalue weighted by molar-refractivity contribution is 0.479. The zero-order valence-corrected chi connectivity index (χ0v) is 35.1. The summed E-state index contributed by atoms with van der Waals surface area (Å²) in [7, 11) is 0. The van der Waals surface area contributed by atoms with E-state index in [4.69, 9.17) is 33.5 Å². The van der Waals surface area contributed by atoms with Crippen LogP contribution in [0.15, 0.2) is 164 Å². The van der Waals surface area contributed by atoms with Gasteiger partial charge in [-0.1, -0.05) is 48.5 Å². The Morgan fingerprint density at radius 2 is 1.00 bits per heavy atom. The van der Waals surface area contributed by atoms with E-state index in [1.807, 2.05) is 112 Å². The summed E-state index contributed by atoms with van der Waals surface area (Å²) in [6.45, 7) is 5.40. The maximum atomic E-state index is 8.58. The molecule has 0 spiro atoms. The van der Waals surface area contributed by atoms with Gasteiger partial charge in [-0.15, -0.1) is 0 Å². The minimum atomic E-state index is -2.45. The number of pyridine rings is 2. The van der Waals surface area contributed by atoms with Crippen LogP contribution in [-0.4, -0.2) is 29.1 Å². The van der Waals surface area contributed by atoms with E-state index in [-0.39, 0.29) is 11.3 Å². The fourth-order valence-corrected chi connectivity index (χ4v) is 8.64. The largest absolute Gasteiger partial charge is 0.457 e. The number of benzene rings is 6. The fourth-order valence-electron chi connectivity index (χ4n) is 8.64. The van der Waals surface area contributed by atoms with Gasteiger partial charge in [-0.25, -0.2) is 9.97 Å². The Morgan fingerprint density at radius 3 is 1.59 bits per heavy atom. The molecule has 0 N–H and O–H groups in total. The van der Waals surface area contributed by atoms with Crippen molar-refractivity contribution in [3.05, 3.63) is 192 Å². The summed E-state index contributed by atoms with van der Waals surface area (Å²) in [5, 5.41) is 4.36. The first-order valence-electron chi connectivity index (χ1n) is 22.3. The van der Waals surface area contributed by atoms with Gasteiger partial charge in [0.15, 0.2) is 0 Å². The first-order chi connectivity index (χ1) is 32.0. The molecule has 304 valence electrons. The second-order valence-electron chi connectivity index (χ2n) is 16.0. The minimum Gasteiger partial charge on any atom is -0.457 e. The average Bonchev–Trinajstić information content (AvgIpc) is 3.82. The lowest BCUT2D eigenvalue weighted by Gasteiger charge is -2.17. The Bertz CT molecular complexity index is 3710. The molecule has 0 unspecified atom stereocenters. The molecule has 0 saturated heterocycles. The van der Waals surface area contributed by atoms with Gasteiger partial charge >= 0.3 is 0 Å². The van der Waals surface area contributed by atoms with E-state index in [0.29, 0.717) is 34.2 Å². The molecule has 6 aromatic carbocycles. The van der Waals surface area contributed by atoms with Crippen molar-refractivity contribution in [2.75, 3.05) is 0 Å². The molecule has 0 aliphatic carbocycles. The van der Waals surface area contributed by atoms with Crippen LogP contribution in [0.25, 0.3) is 77.8 Å². The third kappa shape index (κ3) is 6.64. The normalized spacial score (nSPS) is 12.5. The topological polar surface area (TPSA) is 79.9 Å². The zero-order valence-electron chi connectivity index (χ0n) is 38.1. The predicted octanol–water partition coefficient (Wildman–Crippen LogP) is 13.9. The Hall–Kier alpha value is -8.10. The van der Waals surface area contributed by atoms with E-state index in [1.54, 1.807) is 24.7 Å². The van der Waals surface area contributed by atoms with Crippen LogP contribution in [-0.2, 0) is 0 Å². The molecule has 0 bridgehead atoms. The van der Waals surface area contributed by atoms with Gasteiger partial charge in [-0.2, -0.15) is 0 Å². The smallest absolute Gasteiger partial charge is 0.137 e. The molecule has 63 heavy (non-hydrogen) atoms. The van der Waals surface area contributed by atoms with Crippen LogP contribution in [0.1, 0.15) is 31.9 Å². The van der Waals surface area contributed by atoms with Gasteiger partial charge in [0.1, 0.15) is 34.6 Å². The third-order valence-corrected chi connectivity index (χ3v) is 11.9. The molecule has 11 rings (SSSR count). The van der Waals surface area contributed by atoms with E-state index >= 15 is 0 Å². The number of nitrogens with zero attached hydrogens (tertiary/aromatic N) is 6. The van der Waals surface area contributed by atoms with Crippen molar-refractivity contribution < 1.29 is 13.6 Å². The second kappa shape index (κ2) is 15.1. The summed E-state index contributed by atoms with van der Waals surface area (Å²) < 4.78 is 43.2. The van der Waals surface area contributed by atoms with E-state index in [1.165, 1.54) is 0 Å². The summed E-state index contributed by atoms with van der Waals surface area (Å²) in [4.78, 5) is 19.2. The zero-order chi connectivity index (χ0) is 45.3. The van der Waals surface area contributed by atoms with Gasteiger partial charge < -0.3 is 9.47 Å². The van der Waals surface area contributed by atoms with Gasteiger partial charge in [-0.05, 0) is 141 Å². The van der Waals surface area contributed by atoms with Crippen LogP contribution >= 0.6 is 0 Å². The highest BCUT2D eigenvalue weighted by atomic mass is 16.5. The highest BCUT2D eigenvalue weighted by molar-refractivity contribution is 6.10. The summed E-state index contributed by atoms with van der Waals surface area (Å²) in [6, 6.07) is 46.2. The molecule has 0 radical (unpaired) electrons. The minimum absolute atomic E-state index is 0.151. The number of aromatic nitrogens is 6. The van der Waals surface area contributed by atoms with Crippen LogP contribution in [0, 0.1) is 34.5 Å². The van der Waals surface area contributed by atoms with Crippen molar-refractivity contribution in [3.8, 4) is 57.1 Å². The summed E-state index contributed by atoms with van der Waals surface area (Å²) >= 11 is 0. The fraction of sp³-hybridized carbons (Fsp3) is 0.0909. The summed E-state index contributed by atoms with van der Waals surface area (Å²) in [5.74, 6) is 3.69. The number of aryl methyl sites for hydroxylation is 2. The highest BCUT2D eigenvalue weighted by Gasteiger charge is 2.19. The lowest BCUT2D eigenvalue weighted by Crippen LogP contribution is -1.99. The molecule has 11 aromatic rings. The van der Waals surface area contributed by atoms with E-state index in [9.17, 15) is 0 Å². The van der Waals surface area contributed by atoms with Crippen LogP contribution in [0.2, 0.25) is 0 Å². The molecule has 0 aliphatic rings. The van der Waals surface area contributed by atoms with Gasteiger partial charge in [0.2, 0.25) is 0 Å². The molecule has 0 saturated carbocycles. The molecule has 0 aliphatic heterocycles. The predicted molar refractivity (Wildman–Crippen MR) is 254 cm³/mol. The SMILES string of the molecule is [2H]C([2H])([2H])c1c(Oc2ccc3c4ccccc4n(-c4cc(C)ccn4)c3c2)cc(-c2cnc(-c3cccc(Oc4ccc5c6ccccc6n(-c6cc(C)ccn6)c5c4)c3)cn2)c(C)c1C. The van der Waals surface area contributed by atoms with Crippen molar-refractivity contribution in [3.63, 3.8) is 0 Å². The summed E-state index contributed by atoms with van der Waals surface area (Å²) in [6.07, 6.45) is 7.09. The molecular formula is C55H42N6O2. The lowest BCUT2D eigenvalue weighted by atomic mass is 9.96. The first kappa shape index (κ1) is 34.6. The van der Waals surface area contributed by atoms with Gasteiger partial charge in [0, 0.05) is 61.3 Å². The number of ether oxygens (including phenoxy) is 2. The van der Waals surface area contributed by atoms with Crippen LogP contribution in [0.3, 0.4) is 0 Å². The van der Waals surface area contributed by atoms with Crippen molar-refractivity contribution >= 4 is 43.6 Å². The van der Waals surface area contributed by atoms with Gasteiger partial charge in [-0.3, -0.25) is 19.1 Å². The van der Waals surface area contributed by atoms with Crippen LogP contribution in [0.4, 0.5) is 0 Å². The molecule has 0 atom stereocenters. The number of rotatable bonds is 8. The highest BCUT2D eigenvalue weighted by Crippen LogP contribution is 2.40. The second-order valence-corrected chi connectivity index (χ2v) is 16.0. The van der Waals surface area contributed by atoms with Gasteiger partial charge in [0.25, 0.3) is 0 Å². The van der Waals surface area contributed by atoms with E-state index in [0.717, 1.165) is 83.1 Å². The molecule has 5 aromatic heterocycles. The van der Waals surface area contributed by atoms with Crippen molar-refractivity contribution in [2.24, 2.45) is 0 Å². The molecule has 0 fully saturated rings. The number of hydrogen-bond donors (Lipinski definition) is 0. The summed E-state index contributed by atoms with van der Waals surface area (Å²) in [5.41, 5.74) is 10.5. The molecule has 8 nitrogen and oxygen atoms in total. The Balaban J connectivity index is 0.916. The Kier molecular flexibility index (Phi) is 8.30. The average molecular weight is 822 g/mol. The van der Waals surface area contributed by atoms with Gasteiger partial charge in [0.05, 0.1) is 45.8 Å². The van der Waals surface area contributed by atoms with Crippen LogP contribution in [0.5, 0.6) is 23.0 Å². The number of hydrogen-bond acceptors (Lipinski definition) is 6. The number of fused-ring (bicyclic) bond motifs is 6. The maximum absolute atomic E-state index is 8.58. The Labute approximate surface area is 368 Å². The molecular weight excluding hydrogens is 777 g/mol. The third-order valence-electron chi connectivity index (χ3n) is 11.9. The molecule has 5 heterocycles. The Morgan fingerprint density at radius 1 is 0.444 bits per heavy atom. The van der Waals surface area contributed by atoms with Crippen LogP contribution < -0.4 is 9.47 Å². The monoisotopic (exact) mass is 821 g/mol. The first-order valence-corrected chi connectivity index (χ1v) is 20.8. The van der Waals surface area contributed by atoms with Crippen molar-refractivity contribution in [1.29, 1.82) is 0 Å². The van der Waals surface area contributed by atoms with E-state index < -0.39 is 6.85 Å². The van der Waals surface area contributed by atoms with Crippen molar-refractivity contribution in [1.82, 2.24) is 29.1 Å². The number of para-hydroxylation sites is 2. The molecule has 0 amide bonds. The standard InChI is InChI=1S/C55H42N6O2/c1-33-21-23-56-54(25-33)60-49-15-8-6-13-42(49)44-19-17-40(28-51(44)60)62-39-12-10-11-38(27-39)47-31-59-48(32-58-47)46-30-53(37(5)35(3)36(46)4)63-41-18-20-45-43-14-7-9-16-50(43)61(52(45)29-41)55-26-34(2)22-24-57-55/h6-32H,1-5H3/i5D3.